The van der Waals surface area contributed by atoms with Crippen molar-refractivity contribution >= 4 is 16.5 Å². The van der Waals surface area contributed by atoms with Gasteiger partial charge in [-0.05, 0) is 55.0 Å². The summed E-state index contributed by atoms with van der Waals surface area (Å²) in [6.07, 6.45) is -4.40. The van der Waals surface area contributed by atoms with Crippen molar-refractivity contribution in [1.82, 2.24) is 0 Å². The predicted molar refractivity (Wildman–Crippen MR) is 77.9 cm³/mol. The summed E-state index contributed by atoms with van der Waals surface area (Å²) < 4.78 is 50.1. The Balaban J connectivity index is 2.32. The molecule has 7 heteroatoms. The Morgan fingerprint density at radius 1 is 1.05 bits per heavy atom. The molecule has 22 heavy (non-hydrogen) atoms. The number of anilines is 1. The van der Waals surface area contributed by atoms with Crippen LogP contribution < -0.4 is 5.48 Å². The molecule has 0 radical (unpaired) electrons. The predicted octanol–water partition coefficient (Wildman–Crippen LogP) is 4.15. The molecule has 0 aliphatic heterocycles. The number of halogens is 3. The molecule has 1 N–H and O–H groups in total. The average Bonchev–Trinajstić information content (AvgIpc) is 2.45. The molecule has 0 aliphatic rings. The van der Waals surface area contributed by atoms with Crippen LogP contribution >= 0.6 is 0 Å². The van der Waals surface area contributed by atoms with E-state index in [1.165, 1.54) is 19.2 Å². The second kappa shape index (κ2) is 6.50. The van der Waals surface area contributed by atoms with E-state index in [9.17, 15) is 17.4 Å². The normalized spacial score (nSPS) is 13.0. The van der Waals surface area contributed by atoms with Gasteiger partial charge >= 0.3 is 6.18 Å². The lowest BCUT2D eigenvalue weighted by atomic mass is 10.2. The highest BCUT2D eigenvalue weighted by Crippen LogP contribution is 2.30. The van der Waals surface area contributed by atoms with E-state index in [1.54, 1.807) is 18.2 Å². The smallest absolute Gasteiger partial charge is 0.279 e. The molecule has 0 aromatic heterocycles. The molecule has 0 spiro atoms. The fourth-order valence-electron chi connectivity index (χ4n) is 1.94. The summed E-state index contributed by atoms with van der Waals surface area (Å²) in [6, 6.07) is 9.46. The maximum Gasteiger partial charge on any atom is 0.416 e. The van der Waals surface area contributed by atoms with Crippen molar-refractivity contribution in [3.05, 3.63) is 53.6 Å². The minimum absolute atomic E-state index is 0.307. The summed E-state index contributed by atoms with van der Waals surface area (Å²) in [5, 5.41) is 0. The molecule has 2 rings (SSSR count). The lowest BCUT2D eigenvalue weighted by molar-refractivity contribution is -0.137. The summed E-state index contributed by atoms with van der Waals surface area (Å²) in [5.74, 6) is 0. The van der Waals surface area contributed by atoms with E-state index in [0.717, 1.165) is 17.7 Å². The third-order valence-corrected chi connectivity index (χ3v) is 4.24. The van der Waals surface area contributed by atoms with E-state index < -0.39 is 22.5 Å². The van der Waals surface area contributed by atoms with Crippen molar-refractivity contribution in [2.75, 3.05) is 12.6 Å². The molecule has 0 fully saturated rings. The van der Waals surface area contributed by atoms with E-state index in [2.05, 4.69) is 5.48 Å². The maximum atomic E-state index is 12.5. The largest absolute Gasteiger partial charge is 0.416 e. The van der Waals surface area contributed by atoms with Crippen LogP contribution in [0.1, 0.15) is 11.1 Å². The van der Waals surface area contributed by atoms with Gasteiger partial charge in [0.05, 0.1) is 29.2 Å². The van der Waals surface area contributed by atoms with Crippen LogP contribution in [0.3, 0.4) is 0 Å². The Kier molecular flexibility index (Phi) is 4.87. The number of hydrogen-bond acceptors (Lipinski definition) is 3. The summed E-state index contributed by atoms with van der Waals surface area (Å²) in [7, 11) is -0.116. The molecular weight excluding hydrogens is 315 g/mol. The standard InChI is InChI=1S/C15H14F3NO2S/c1-10-7-12(19-21-2)9-14(8-10)22(20)13-5-3-11(4-6-13)15(16,17)18/h3-9,19H,1-2H3. The highest BCUT2D eigenvalue weighted by atomic mass is 32.2. The van der Waals surface area contributed by atoms with Gasteiger partial charge in [-0.15, -0.1) is 0 Å². The minimum Gasteiger partial charge on any atom is -0.279 e. The number of rotatable bonds is 4. The zero-order chi connectivity index (χ0) is 16.3. The molecule has 0 saturated carbocycles. The van der Waals surface area contributed by atoms with Crippen molar-refractivity contribution in [2.45, 2.75) is 22.9 Å². The zero-order valence-corrected chi connectivity index (χ0v) is 12.7. The van der Waals surface area contributed by atoms with E-state index in [4.69, 9.17) is 4.84 Å². The molecule has 3 nitrogen and oxygen atoms in total. The van der Waals surface area contributed by atoms with Gasteiger partial charge in [-0.2, -0.15) is 13.2 Å². The molecular formula is C15H14F3NO2S. The Morgan fingerprint density at radius 2 is 1.68 bits per heavy atom. The third-order valence-electron chi connectivity index (χ3n) is 2.88. The highest BCUT2D eigenvalue weighted by molar-refractivity contribution is 7.85. The van der Waals surface area contributed by atoms with Crippen LogP contribution in [0.4, 0.5) is 18.9 Å². The van der Waals surface area contributed by atoms with Crippen LogP contribution in [0, 0.1) is 6.92 Å². The van der Waals surface area contributed by atoms with E-state index >= 15 is 0 Å². The summed E-state index contributed by atoms with van der Waals surface area (Å²) >= 11 is 0. The summed E-state index contributed by atoms with van der Waals surface area (Å²) in [4.78, 5) is 5.60. The lowest BCUT2D eigenvalue weighted by Crippen LogP contribution is -2.05. The second-order valence-electron chi connectivity index (χ2n) is 4.63. The fraction of sp³-hybridized carbons (Fsp3) is 0.200. The van der Waals surface area contributed by atoms with Gasteiger partial charge in [-0.3, -0.25) is 10.3 Å². The first kappa shape index (κ1) is 16.5. The van der Waals surface area contributed by atoms with Gasteiger partial charge in [-0.1, -0.05) is 0 Å². The van der Waals surface area contributed by atoms with Crippen LogP contribution in [-0.2, 0) is 21.8 Å². The van der Waals surface area contributed by atoms with Gasteiger partial charge < -0.3 is 0 Å². The van der Waals surface area contributed by atoms with Gasteiger partial charge in [0.2, 0.25) is 0 Å². The zero-order valence-electron chi connectivity index (χ0n) is 11.9. The minimum atomic E-state index is -4.40. The number of alkyl halides is 3. The molecule has 1 atom stereocenters. The number of aryl methyl sites for hydroxylation is 1. The molecule has 118 valence electrons. The number of benzene rings is 2. The highest BCUT2D eigenvalue weighted by Gasteiger charge is 2.30. The van der Waals surface area contributed by atoms with Crippen LogP contribution in [-0.4, -0.2) is 11.3 Å². The first-order valence-electron chi connectivity index (χ1n) is 6.31. The molecule has 2 aromatic carbocycles. The number of nitrogens with one attached hydrogen (secondary N) is 1. The topological polar surface area (TPSA) is 38.3 Å². The fourth-order valence-corrected chi connectivity index (χ4v) is 3.12. The average molecular weight is 329 g/mol. The van der Waals surface area contributed by atoms with Crippen LogP contribution in [0.2, 0.25) is 0 Å². The monoisotopic (exact) mass is 329 g/mol. The number of hydrogen-bond donors (Lipinski definition) is 1. The van der Waals surface area contributed by atoms with Gasteiger partial charge in [0, 0.05) is 9.79 Å². The quantitative estimate of drug-likeness (QED) is 0.856. The van der Waals surface area contributed by atoms with Crippen LogP contribution in [0.15, 0.2) is 52.3 Å². The van der Waals surface area contributed by atoms with Crippen LogP contribution in [0.5, 0.6) is 0 Å². The Morgan fingerprint density at radius 3 is 2.23 bits per heavy atom. The first-order valence-corrected chi connectivity index (χ1v) is 7.46. The molecule has 0 amide bonds. The second-order valence-corrected chi connectivity index (χ2v) is 6.11. The summed E-state index contributed by atoms with van der Waals surface area (Å²) in [5.41, 5.74) is 3.36. The lowest BCUT2D eigenvalue weighted by Gasteiger charge is -2.10. The van der Waals surface area contributed by atoms with E-state index in [-0.39, 0.29) is 0 Å². The van der Waals surface area contributed by atoms with E-state index in [0.29, 0.717) is 15.5 Å². The Labute approximate surface area is 128 Å². The molecule has 0 heterocycles. The molecule has 0 bridgehead atoms. The van der Waals surface area contributed by atoms with Crippen molar-refractivity contribution in [1.29, 1.82) is 0 Å². The first-order chi connectivity index (χ1) is 10.3. The van der Waals surface area contributed by atoms with Gasteiger partial charge in [0.15, 0.2) is 0 Å². The SMILES string of the molecule is CONc1cc(C)cc(S(=O)c2ccc(C(F)(F)F)cc2)c1. The van der Waals surface area contributed by atoms with Crippen molar-refractivity contribution in [3.8, 4) is 0 Å². The molecule has 0 aliphatic carbocycles. The van der Waals surface area contributed by atoms with Crippen molar-refractivity contribution in [2.24, 2.45) is 0 Å². The third kappa shape index (κ3) is 3.86. The van der Waals surface area contributed by atoms with Gasteiger partial charge in [-0.25, -0.2) is 4.21 Å². The molecule has 2 aromatic rings. The summed E-state index contributed by atoms with van der Waals surface area (Å²) in [6.45, 7) is 1.83. The maximum absolute atomic E-state index is 12.5. The van der Waals surface area contributed by atoms with Crippen LogP contribution in [0.25, 0.3) is 0 Å². The van der Waals surface area contributed by atoms with Crippen molar-refractivity contribution in [3.63, 3.8) is 0 Å². The van der Waals surface area contributed by atoms with Gasteiger partial charge in [0.1, 0.15) is 0 Å². The van der Waals surface area contributed by atoms with E-state index in [1.807, 2.05) is 6.92 Å². The molecule has 1 unspecified atom stereocenters. The Hall–Kier alpha value is -1.86. The van der Waals surface area contributed by atoms with Gasteiger partial charge in [0.25, 0.3) is 0 Å². The molecule has 0 saturated heterocycles. The van der Waals surface area contributed by atoms with Crippen molar-refractivity contribution < 1.29 is 22.2 Å². The Bertz CT molecular complexity index is 684.